The first-order chi connectivity index (χ1) is 14.8. The number of nitrogens with zero attached hydrogens (tertiary/aromatic N) is 1. The van der Waals surface area contributed by atoms with Crippen molar-refractivity contribution in [3.63, 3.8) is 0 Å². The molecule has 1 amide bonds. The third-order valence-electron chi connectivity index (χ3n) is 5.98. The molecule has 168 valence electrons. The van der Waals surface area contributed by atoms with Gasteiger partial charge in [-0.2, -0.15) is 4.31 Å². The lowest BCUT2D eigenvalue weighted by Gasteiger charge is -2.32. The highest BCUT2D eigenvalue weighted by atomic mass is 32.2. The molecule has 2 aromatic carbocycles. The van der Waals surface area contributed by atoms with E-state index in [1.807, 2.05) is 6.92 Å². The van der Waals surface area contributed by atoms with Gasteiger partial charge in [0.1, 0.15) is 5.75 Å². The van der Waals surface area contributed by atoms with Crippen molar-refractivity contribution in [2.24, 2.45) is 5.92 Å². The summed E-state index contributed by atoms with van der Waals surface area (Å²) in [5.41, 5.74) is 3.45. The van der Waals surface area contributed by atoms with E-state index < -0.39 is 10.0 Å². The van der Waals surface area contributed by atoms with E-state index in [1.54, 1.807) is 31.4 Å². The van der Waals surface area contributed by atoms with Crippen LogP contribution in [0.2, 0.25) is 0 Å². The summed E-state index contributed by atoms with van der Waals surface area (Å²) in [6.07, 6.45) is 2.12. The Hall–Kier alpha value is -2.38. The normalized spacial score (nSPS) is 18.4. The van der Waals surface area contributed by atoms with Crippen LogP contribution in [-0.2, 0) is 14.8 Å². The van der Waals surface area contributed by atoms with E-state index >= 15 is 0 Å². The molecule has 0 bridgehead atoms. The predicted molar refractivity (Wildman–Crippen MR) is 122 cm³/mol. The standard InChI is InChI=1S/C24H32N2O4S/c1-5-23(22-13-8-17(2)15-18(22)3)25-24(27)19-7-6-14-26(16-19)31(28,29)21-11-9-20(30-4)10-12-21/h8-13,15,19,23H,5-7,14,16H2,1-4H3,(H,25,27). The van der Waals surface area contributed by atoms with Gasteiger partial charge in [0, 0.05) is 13.1 Å². The van der Waals surface area contributed by atoms with Gasteiger partial charge in [0.15, 0.2) is 0 Å². The summed E-state index contributed by atoms with van der Waals surface area (Å²) in [5.74, 6) is 0.162. The second-order valence-corrected chi connectivity index (χ2v) is 10.1. The second kappa shape index (κ2) is 9.83. The number of rotatable bonds is 7. The van der Waals surface area contributed by atoms with Gasteiger partial charge < -0.3 is 10.1 Å². The zero-order valence-electron chi connectivity index (χ0n) is 18.7. The molecule has 3 rings (SSSR count). The van der Waals surface area contributed by atoms with E-state index in [9.17, 15) is 13.2 Å². The zero-order valence-corrected chi connectivity index (χ0v) is 19.5. The number of carbonyl (C=O) groups is 1. The molecule has 1 aliphatic heterocycles. The number of ether oxygens (including phenoxy) is 1. The number of carbonyl (C=O) groups excluding carboxylic acids is 1. The second-order valence-electron chi connectivity index (χ2n) is 8.21. The van der Waals surface area contributed by atoms with Crippen LogP contribution in [0.15, 0.2) is 47.4 Å². The summed E-state index contributed by atoms with van der Waals surface area (Å²) in [6, 6.07) is 12.5. The van der Waals surface area contributed by atoms with E-state index in [1.165, 1.54) is 9.87 Å². The first-order valence-corrected chi connectivity index (χ1v) is 12.2. The first-order valence-electron chi connectivity index (χ1n) is 10.8. The topological polar surface area (TPSA) is 75.7 Å². The highest BCUT2D eigenvalue weighted by molar-refractivity contribution is 7.89. The fourth-order valence-corrected chi connectivity index (χ4v) is 5.70. The smallest absolute Gasteiger partial charge is 0.243 e. The molecule has 1 N–H and O–H groups in total. The maximum absolute atomic E-state index is 13.1. The van der Waals surface area contributed by atoms with Gasteiger partial charge in [-0.05, 0) is 68.5 Å². The van der Waals surface area contributed by atoms with Crippen molar-refractivity contribution < 1.29 is 17.9 Å². The summed E-state index contributed by atoms with van der Waals surface area (Å²) in [6.45, 7) is 6.78. The largest absolute Gasteiger partial charge is 0.497 e. The molecule has 31 heavy (non-hydrogen) atoms. The Morgan fingerprint density at radius 2 is 1.90 bits per heavy atom. The van der Waals surface area contributed by atoms with Crippen LogP contribution in [-0.4, -0.2) is 38.8 Å². The highest BCUT2D eigenvalue weighted by Gasteiger charge is 2.34. The lowest BCUT2D eigenvalue weighted by Crippen LogP contribution is -2.46. The Morgan fingerprint density at radius 1 is 1.19 bits per heavy atom. The molecule has 1 heterocycles. The number of hydrogen-bond acceptors (Lipinski definition) is 4. The lowest BCUT2D eigenvalue weighted by molar-refractivity contribution is -0.126. The SMILES string of the molecule is CCC(NC(=O)C1CCCN(S(=O)(=O)c2ccc(OC)cc2)C1)c1ccc(C)cc1C. The number of aryl methyl sites for hydroxylation is 2. The Balaban J connectivity index is 1.72. The number of amides is 1. The minimum atomic E-state index is -3.65. The van der Waals surface area contributed by atoms with Crippen molar-refractivity contribution in [3.8, 4) is 5.75 Å². The van der Waals surface area contributed by atoms with Crippen LogP contribution in [0.5, 0.6) is 5.75 Å². The van der Waals surface area contributed by atoms with Gasteiger partial charge in [-0.25, -0.2) is 8.42 Å². The monoisotopic (exact) mass is 444 g/mol. The number of nitrogens with one attached hydrogen (secondary N) is 1. The molecule has 1 saturated heterocycles. The number of methoxy groups -OCH3 is 1. The van der Waals surface area contributed by atoms with E-state index in [-0.39, 0.29) is 29.3 Å². The molecule has 0 spiro atoms. The van der Waals surface area contributed by atoms with Crippen molar-refractivity contribution in [1.82, 2.24) is 9.62 Å². The molecule has 6 nitrogen and oxygen atoms in total. The quantitative estimate of drug-likeness (QED) is 0.701. The van der Waals surface area contributed by atoms with Crippen LogP contribution in [0.1, 0.15) is 48.9 Å². The Labute approximate surface area is 185 Å². The van der Waals surface area contributed by atoms with Crippen molar-refractivity contribution in [2.75, 3.05) is 20.2 Å². The Kier molecular flexibility index (Phi) is 7.38. The van der Waals surface area contributed by atoms with Crippen molar-refractivity contribution >= 4 is 15.9 Å². The van der Waals surface area contributed by atoms with Crippen molar-refractivity contribution in [2.45, 2.75) is 51.0 Å². The van der Waals surface area contributed by atoms with E-state index in [0.717, 1.165) is 17.5 Å². The summed E-state index contributed by atoms with van der Waals surface area (Å²) in [7, 11) is -2.11. The maximum atomic E-state index is 13.1. The molecular formula is C24H32N2O4S. The predicted octanol–water partition coefficient (Wildman–Crippen LogP) is 3.98. The molecule has 0 radical (unpaired) electrons. The van der Waals surface area contributed by atoms with E-state index in [0.29, 0.717) is 25.1 Å². The van der Waals surface area contributed by atoms with Crippen LogP contribution in [0.4, 0.5) is 0 Å². The van der Waals surface area contributed by atoms with Gasteiger partial charge in [0.05, 0.1) is 24.0 Å². The number of hydrogen-bond donors (Lipinski definition) is 1. The molecule has 0 aliphatic carbocycles. The fraction of sp³-hybridized carbons (Fsp3) is 0.458. The minimum absolute atomic E-state index is 0.0818. The molecule has 0 saturated carbocycles. The molecule has 2 aromatic rings. The minimum Gasteiger partial charge on any atom is -0.497 e. The lowest BCUT2D eigenvalue weighted by atomic mass is 9.95. The van der Waals surface area contributed by atoms with Gasteiger partial charge in [0.2, 0.25) is 15.9 Å². The molecule has 2 atom stereocenters. The number of benzene rings is 2. The Bertz CT molecular complexity index is 1020. The van der Waals surface area contributed by atoms with Crippen LogP contribution >= 0.6 is 0 Å². The Morgan fingerprint density at radius 3 is 2.52 bits per heavy atom. The summed E-state index contributed by atoms with van der Waals surface area (Å²) < 4.78 is 32.7. The van der Waals surface area contributed by atoms with Crippen molar-refractivity contribution in [3.05, 3.63) is 59.2 Å². The van der Waals surface area contributed by atoms with Crippen LogP contribution in [0.25, 0.3) is 0 Å². The van der Waals surface area contributed by atoms with Gasteiger partial charge >= 0.3 is 0 Å². The molecule has 1 fully saturated rings. The molecular weight excluding hydrogens is 412 g/mol. The molecule has 1 aliphatic rings. The average molecular weight is 445 g/mol. The molecule has 7 heteroatoms. The molecule has 2 unspecified atom stereocenters. The van der Waals surface area contributed by atoms with Crippen molar-refractivity contribution in [1.29, 1.82) is 0 Å². The van der Waals surface area contributed by atoms with E-state index in [4.69, 9.17) is 4.74 Å². The average Bonchev–Trinajstić information content (AvgIpc) is 2.78. The van der Waals surface area contributed by atoms with Crippen LogP contribution < -0.4 is 10.1 Å². The first kappa shape index (κ1) is 23.3. The highest BCUT2D eigenvalue weighted by Crippen LogP contribution is 2.27. The molecule has 0 aromatic heterocycles. The van der Waals surface area contributed by atoms with Crippen LogP contribution in [0.3, 0.4) is 0 Å². The summed E-state index contributed by atoms with van der Waals surface area (Å²) in [5, 5.41) is 3.16. The summed E-state index contributed by atoms with van der Waals surface area (Å²) >= 11 is 0. The fourth-order valence-electron chi connectivity index (χ4n) is 4.18. The van der Waals surface area contributed by atoms with Gasteiger partial charge in [0.25, 0.3) is 0 Å². The zero-order chi connectivity index (χ0) is 22.6. The van der Waals surface area contributed by atoms with Gasteiger partial charge in [-0.15, -0.1) is 0 Å². The number of piperidine rings is 1. The van der Waals surface area contributed by atoms with Crippen LogP contribution in [0, 0.1) is 19.8 Å². The number of sulfonamides is 1. The third kappa shape index (κ3) is 5.28. The third-order valence-corrected chi connectivity index (χ3v) is 7.86. The van der Waals surface area contributed by atoms with E-state index in [2.05, 4.69) is 37.4 Å². The maximum Gasteiger partial charge on any atom is 0.243 e. The summed E-state index contributed by atoms with van der Waals surface area (Å²) in [4.78, 5) is 13.3. The van der Waals surface area contributed by atoms with Gasteiger partial charge in [-0.1, -0.05) is 30.7 Å². The van der Waals surface area contributed by atoms with Gasteiger partial charge in [-0.3, -0.25) is 4.79 Å².